The van der Waals surface area contributed by atoms with Gasteiger partial charge in [0.2, 0.25) is 10.0 Å². The van der Waals surface area contributed by atoms with Crippen LogP contribution < -0.4 is 9.62 Å². The number of carbonyl (C=O) groups is 1. The number of sulfonamides is 1. The SMILES string of the molecule is CS(=O)(=O)N(c1cccc(C(=O)NCC(O)C(F)(F)F)c1)C1CN(C(c2ccc(Cl)cc2)c2ccc(Cl)cc2)C1. The minimum absolute atomic E-state index is 0.0445. The van der Waals surface area contributed by atoms with Gasteiger partial charge in [0.25, 0.3) is 5.91 Å². The molecule has 1 atom stereocenters. The van der Waals surface area contributed by atoms with Crippen molar-refractivity contribution in [2.45, 2.75) is 24.4 Å². The molecule has 214 valence electrons. The van der Waals surface area contributed by atoms with Crippen LogP contribution in [0.4, 0.5) is 18.9 Å². The molecule has 1 unspecified atom stereocenters. The fourth-order valence-corrected chi connectivity index (χ4v) is 6.04. The van der Waals surface area contributed by atoms with Crippen LogP contribution in [0.3, 0.4) is 0 Å². The maximum Gasteiger partial charge on any atom is 0.416 e. The Hall–Kier alpha value is -2.83. The number of alkyl halides is 3. The minimum atomic E-state index is -4.88. The molecule has 2 N–H and O–H groups in total. The Morgan fingerprint density at radius 3 is 2.02 bits per heavy atom. The summed E-state index contributed by atoms with van der Waals surface area (Å²) in [4.78, 5) is 14.6. The smallest absolute Gasteiger partial charge is 0.382 e. The molecule has 3 aromatic carbocycles. The second-order valence-corrected chi connectivity index (χ2v) is 12.2. The van der Waals surface area contributed by atoms with Crippen LogP contribution >= 0.6 is 23.2 Å². The topological polar surface area (TPSA) is 90.0 Å². The lowest BCUT2D eigenvalue weighted by molar-refractivity contribution is -0.201. The van der Waals surface area contributed by atoms with Crippen LogP contribution in [0.1, 0.15) is 27.5 Å². The van der Waals surface area contributed by atoms with Crippen molar-refractivity contribution in [3.05, 3.63) is 99.5 Å². The molecule has 0 aromatic heterocycles. The highest BCUT2D eigenvalue weighted by Crippen LogP contribution is 2.36. The first-order valence-electron chi connectivity index (χ1n) is 12.1. The summed E-state index contributed by atoms with van der Waals surface area (Å²) in [6.07, 6.45) is -6.55. The first-order valence-corrected chi connectivity index (χ1v) is 14.7. The van der Waals surface area contributed by atoms with Crippen LogP contribution in [0, 0.1) is 0 Å². The number of nitrogens with one attached hydrogen (secondary N) is 1. The molecule has 0 bridgehead atoms. The van der Waals surface area contributed by atoms with Gasteiger partial charge in [-0.1, -0.05) is 53.5 Å². The number of benzene rings is 3. The van der Waals surface area contributed by atoms with E-state index < -0.39 is 40.8 Å². The van der Waals surface area contributed by atoms with Crippen molar-refractivity contribution < 1.29 is 31.5 Å². The summed E-state index contributed by atoms with van der Waals surface area (Å²) in [7, 11) is -3.80. The van der Waals surface area contributed by atoms with Gasteiger partial charge in [0.05, 0.1) is 30.6 Å². The number of likely N-dealkylation sites (tertiary alicyclic amines) is 1. The number of anilines is 1. The Kier molecular flexibility index (Phi) is 9.01. The highest BCUT2D eigenvalue weighted by Gasteiger charge is 2.41. The number of halogens is 5. The maximum atomic E-state index is 12.9. The van der Waals surface area contributed by atoms with Gasteiger partial charge in [0, 0.05) is 28.7 Å². The van der Waals surface area contributed by atoms with Gasteiger partial charge in [-0.3, -0.25) is 14.0 Å². The third-order valence-corrected chi connectivity index (χ3v) is 8.24. The quantitative estimate of drug-likeness (QED) is 0.358. The van der Waals surface area contributed by atoms with Crippen molar-refractivity contribution >= 4 is 44.8 Å². The summed E-state index contributed by atoms with van der Waals surface area (Å²) in [5, 5.41) is 12.4. The fraction of sp³-hybridized carbons (Fsp3) is 0.296. The van der Waals surface area contributed by atoms with Crippen molar-refractivity contribution in [3.8, 4) is 0 Å². The van der Waals surface area contributed by atoms with Crippen LogP contribution in [0.25, 0.3) is 0 Å². The number of rotatable bonds is 9. The van der Waals surface area contributed by atoms with E-state index in [9.17, 15) is 26.4 Å². The molecule has 1 heterocycles. The Labute approximate surface area is 240 Å². The van der Waals surface area contributed by atoms with Crippen LogP contribution in [0.5, 0.6) is 0 Å². The van der Waals surface area contributed by atoms with E-state index in [1.807, 2.05) is 29.6 Å². The molecule has 1 aliphatic rings. The molecular weight excluding hydrogens is 590 g/mol. The van der Waals surface area contributed by atoms with Crippen LogP contribution in [-0.2, 0) is 10.0 Å². The summed E-state index contributed by atoms with van der Waals surface area (Å²) in [5.74, 6) is -0.876. The summed E-state index contributed by atoms with van der Waals surface area (Å²) < 4.78 is 64.7. The number of hydrogen-bond acceptors (Lipinski definition) is 5. The lowest BCUT2D eigenvalue weighted by Crippen LogP contribution is -2.61. The number of hydrogen-bond donors (Lipinski definition) is 2. The first-order chi connectivity index (χ1) is 18.7. The van der Waals surface area contributed by atoms with Gasteiger partial charge < -0.3 is 10.4 Å². The summed E-state index contributed by atoms with van der Waals surface area (Å²) in [6, 6.07) is 19.7. The van der Waals surface area contributed by atoms with Gasteiger partial charge in [0.1, 0.15) is 0 Å². The van der Waals surface area contributed by atoms with Gasteiger partial charge in [0.15, 0.2) is 6.10 Å². The van der Waals surface area contributed by atoms with Crippen molar-refractivity contribution in [1.29, 1.82) is 0 Å². The molecule has 13 heteroatoms. The van der Waals surface area contributed by atoms with E-state index in [4.69, 9.17) is 28.3 Å². The van der Waals surface area contributed by atoms with Gasteiger partial charge in [-0.05, 0) is 53.6 Å². The standard InChI is InChI=1S/C27H26Cl2F3N3O4S/c1-40(38,39)35(22-4-2-3-19(13-22)26(37)33-14-24(36)27(30,31)32)23-15-34(16-23)25(17-5-9-20(28)10-6-17)18-7-11-21(29)12-8-18/h2-13,23-25,36H,14-16H2,1H3,(H,33,37). The number of aliphatic hydroxyl groups excluding tert-OH is 1. The first kappa shape index (κ1) is 30.1. The fourth-order valence-electron chi connectivity index (χ4n) is 4.62. The summed E-state index contributed by atoms with van der Waals surface area (Å²) in [6.45, 7) is -0.314. The summed E-state index contributed by atoms with van der Waals surface area (Å²) >= 11 is 12.2. The van der Waals surface area contributed by atoms with E-state index in [1.165, 1.54) is 28.6 Å². The predicted molar refractivity (Wildman–Crippen MR) is 148 cm³/mol. The zero-order chi connectivity index (χ0) is 29.2. The second kappa shape index (κ2) is 12.0. The minimum Gasteiger partial charge on any atom is -0.382 e. The Bertz CT molecular complexity index is 1400. The molecule has 4 rings (SSSR count). The van der Waals surface area contributed by atoms with Crippen molar-refractivity contribution in [1.82, 2.24) is 10.2 Å². The molecular formula is C27H26Cl2F3N3O4S. The van der Waals surface area contributed by atoms with Gasteiger partial charge in [-0.2, -0.15) is 13.2 Å². The predicted octanol–water partition coefficient (Wildman–Crippen LogP) is 4.89. The molecule has 40 heavy (non-hydrogen) atoms. The largest absolute Gasteiger partial charge is 0.416 e. The van der Waals surface area contributed by atoms with Crippen LogP contribution in [0.15, 0.2) is 72.8 Å². The number of aliphatic hydroxyl groups is 1. The zero-order valence-corrected chi connectivity index (χ0v) is 23.5. The molecule has 0 saturated carbocycles. The second-order valence-electron chi connectivity index (χ2n) is 9.49. The molecule has 0 aliphatic carbocycles. The molecule has 1 fully saturated rings. The average Bonchev–Trinajstić information content (AvgIpc) is 2.86. The molecule has 3 aromatic rings. The van der Waals surface area contributed by atoms with E-state index in [-0.39, 0.29) is 17.3 Å². The normalized spacial score (nSPS) is 15.5. The third kappa shape index (κ3) is 7.08. The Morgan fingerprint density at radius 2 is 1.55 bits per heavy atom. The summed E-state index contributed by atoms with van der Waals surface area (Å²) in [5.41, 5.74) is 2.06. The van der Waals surface area contributed by atoms with E-state index >= 15 is 0 Å². The molecule has 1 saturated heterocycles. The molecule has 7 nitrogen and oxygen atoms in total. The van der Waals surface area contributed by atoms with Gasteiger partial charge >= 0.3 is 6.18 Å². The Morgan fingerprint density at radius 1 is 1.02 bits per heavy atom. The lowest BCUT2D eigenvalue weighted by atomic mass is 9.93. The number of amides is 1. The molecule has 0 spiro atoms. The lowest BCUT2D eigenvalue weighted by Gasteiger charge is -2.48. The Balaban J connectivity index is 1.55. The van der Waals surface area contributed by atoms with E-state index in [0.29, 0.717) is 23.1 Å². The van der Waals surface area contributed by atoms with Crippen LogP contribution in [0.2, 0.25) is 10.0 Å². The number of nitrogens with zero attached hydrogens (tertiary/aromatic N) is 2. The molecule has 1 aliphatic heterocycles. The highest BCUT2D eigenvalue weighted by atomic mass is 35.5. The molecule has 1 amide bonds. The van der Waals surface area contributed by atoms with Gasteiger partial charge in [-0.25, -0.2) is 8.42 Å². The highest BCUT2D eigenvalue weighted by molar-refractivity contribution is 7.92. The van der Waals surface area contributed by atoms with Crippen molar-refractivity contribution in [2.24, 2.45) is 0 Å². The van der Waals surface area contributed by atoms with Crippen molar-refractivity contribution in [2.75, 3.05) is 30.2 Å². The van der Waals surface area contributed by atoms with Gasteiger partial charge in [-0.15, -0.1) is 0 Å². The average molecular weight is 616 g/mol. The monoisotopic (exact) mass is 615 g/mol. The van der Waals surface area contributed by atoms with E-state index in [2.05, 4.69) is 4.90 Å². The van der Waals surface area contributed by atoms with Crippen molar-refractivity contribution in [3.63, 3.8) is 0 Å². The van der Waals surface area contributed by atoms with E-state index in [0.717, 1.165) is 17.4 Å². The van der Waals surface area contributed by atoms with Crippen LogP contribution in [-0.4, -0.2) is 68.5 Å². The van der Waals surface area contributed by atoms with E-state index in [1.54, 1.807) is 24.3 Å². The third-order valence-electron chi connectivity index (χ3n) is 6.51. The molecule has 0 radical (unpaired) electrons. The number of carbonyl (C=O) groups excluding carboxylic acids is 1. The maximum absolute atomic E-state index is 12.9. The zero-order valence-electron chi connectivity index (χ0n) is 21.1.